The van der Waals surface area contributed by atoms with E-state index in [1.165, 1.54) is 18.4 Å². The van der Waals surface area contributed by atoms with Crippen LogP contribution in [0.3, 0.4) is 0 Å². The average molecular weight is 635 g/mol. The number of aliphatic hydroxyl groups excluding tert-OH is 5. The number of fused-ring (bicyclic) bond motifs is 5. The molecule has 0 aromatic heterocycles. The molecule has 4 aliphatic carbocycles. The van der Waals surface area contributed by atoms with Crippen LogP contribution < -0.4 is 0 Å². The van der Waals surface area contributed by atoms with E-state index in [1.54, 1.807) is 7.11 Å². The zero-order valence-corrected chi connectivity index (χ0v) is 29.0. The molecule has 0 unspecified atom stereocenters. The maximum atomic E-state index is 11.4. The maximum Gasteiger partial charge on any atom is 0.187 e. The van der Waals surface area contributed by atoms with Crippen molar-refractivity contribution in [2.75, 3.05) is 20.3 Å². The molecular weight excluding hydrogens is 572 g/mol. The van der Waals surface area contributed by atoms with Gasteiger partial charge in [-0.15, -0.1) is 0 Å². The highest BCUT2D eigenvalue weighted by Gasteiger charge is 2.68. The van der Waals surface area contributed by atoms with Crippen LogP contribution >= 0.6 is 0 Å². The van der Waals surface area contributed by atoms with Crippen LogP contribution in [0.1, 0.15) is 99.8 Å². The first-order chi connectivity index (χ1) is 21.0. The number of methoxy groups -OCH3 is 1. The van der Waals surface area contributed by atoms with Crippen molar-refractivity contribution in [3.05, 3.63) is 23.8 Å². The lowest BCUT2D eigenvalue weighted by atomic mass is 9.38. The molecule has 5 aliphatic rings. The van der Waals surface area contributed by atoms with Gasteiger partial charge in [-0.3, -0.25) is 0 Å². The topological polar surface area (TPSA) is 129 Å². The van der Waals surface area contributed by atoms with E-state index in [-0.39, 0.29) is 45.9 Å². The van der Waals surface area contributed by atoms with Crippen LogP contribution in [0.4, 0.5) is 0 Å². The maximum absolute atomic E-state index is 11.4. The molecule has 1 heterocycles. The Morgan fingerprint density at radius 1 is 0.978 bits per heavy atom. The summed E-state index contributed by atoms with van der Waals surface area (Å²) in [6.07, 6.45) is 8.42. The number of hydrogen-bond acceptors (Lipinski definition) is 8. The molecule has 8 nitrogen and oxygen atoms in total. The van der Waals surface area contributed by atoms with Crippen LogP contribution in [0.15, 0.2) is 23.8 Å². The van der Waals surface area contributed by atoms with Crippen molar-refractivity contribution in [1.82, 2.24) is 0 Å². The zero-order valence-electron chi connectivity index (χ0n) is 29.0. The summed E-state index contributed by atoms with van der Waals surface area (Å²) in [5, 5.41) is 52.3. The van der Waals surface area contributed by atoms with Crippen molar-refractivity contribution >= 4 is 0 Å². The largest absolute Gasteiger partial charge is 0.396 e. The average Bonchev–Trinajstić information content (AvgIpc) is 3.29. The molecule has 0 bridgehead atoms. The molecule has 0 aromatic rings. The molecule has 45 heavy (non-hydrogen) atoms. The molecule has 258 valence electrons. The molecule has 0 spiro atoms. The Kier molecular flexibility index (Phi) is 9.90. The van der Waals surface area contributed by atoms with Crippen molar-refractivity contribution in [2.45, 2.75) is 142 Å². The lowest BCUT2D eigenvalue weighted by Crippen LogP contribution is -2.62. The molecule has 0 amide bonds. The number of hydrogen-bond donors (Lipinski definition) is 5. The van der Waals surface area contributed by atoms with Gasteiger partial charge in [0.15, 0.2) is 6.29 Å². The van der Waals surface area contributed by atoms with E-state index in [4.69, 9.17) is 14.2 Å². The monoisotopic (exact) mass is 634 g/mol. The normalized spacial score (nSPS) is 47.1. The molecule has 8 heteroatoms. The Morgan fingerprint density at radius 2 is 1.69 bits per heavy atom. The lowest BCUT2D eigenvalue weighted by molar-refractivity contribution is -0.320. The van der Waals surface area contributed by atoms with Crippen molar-refractivity contribution in [2.24, 2.45) is 45.3 Å². The molecule has 5 rings (SSSR count). The molecule has 3 saturated carbocycles. The van der Waals surface area contributed by atoms with Gasteiger partial charge in [-0.25, -0.2) is 0 Å². The second kappa shape index (κ2) is 12.6. The Morgan fingerprint density at radius 3 is 2.33 bits per heavy atom. The first-order valence-electron chi connectivity index (χ1n) is 17.5. The van der Waals surface area contributed by atoms with Gasteiger partial charge >= 0.3 is 0 Å². The summed E-state index contributed by atoms with van der Waals surface area (Å²) in [6, 6.07) is 0. The molecular formula is C37H62O8. The van der Waals surface area contributed by atoms with Crippen LogP contribution in [0.25, 0.3) is 0 Å². The van der Waals surface area contributed by atoms with Crippen LogP contribution in [-0.4, -0.2) is 88.3 Å². The third kappa shape index (κ3) is 5.61. The van der Waals surface area contributed by atoms with Gasteiger partial charge in [0.2, 0.25) is 0 Å². The Bertz CT molecular complexity index is 1120. The Labute approximate surface area is 271 Å². The molecule has 0 radical (unpaired) electrons. The third-order valence-corrected chi connectivity index (χ3v) is 14.3. The summed E-state index contributed by atoms with van der Waals surface area (Å²) in [4.78, 5) is 0. The van der Waals surface area contributed by atoms with Gasteiger partial charge in [0.25, 0.3) is 0 Å². The fourth-order valence-corrected chi connectivity index (χ4v) is 11.0. The fraction of sp³-hybridized carbons (Fsp3) is 0.892. The van der Waals surface area contributed by atoms with Gasteiger partial charge < -0.3 is 39.7 Å². The highest BCUT2D eigenvalue weighted by Crippen LogP contribution is 2.75. The summed E-state index contributed by atoms with van der Waals surface area (Å²) in [5.74, 6) is 1.87. The summed E-state index contributed by atoms with van der Waals surface area (Å²) in [6.45, 7) is 15.8. The third-order valence-electron chi connectivity index (χ3n) is 14.3. The minimum absolute atomic E-state index is 0.137. The minimum Gasteiger partial charge on any atom is -0.396 e. The number of ether oxygens (including phenoxy) is 3. The van der Waals surface area contributed by atoms with Gasteiger partial charge in [0.05, 0.1) is 18.3 Å². The predicted octanol–water partition coefficient (Wildman–Crippen LogP) is 4.76. The van der Waals surface area contributed by atoms with Crippen molar-refractivity contribution in [3.63, 3.8) is 0 Å². The highest BCUT2D eigenvalue weighted by molar-refractivity contribution is 5.31. The van der Waals surface area contributed by atoms with Gasteiger partial charge in [-0.2, -0.15) is 0 Å². The smallest absolute Gasteiger partial charge is 0.187 e. The molecule has 4 fully saturated rings. The Balaban J connectivity index is 1.37. The van der Waals surface area contributed by atoms with Crippen LogP contribution in [0.5, 0.6) is 0 Å². The van der Waals surface area contributed by atoms with Gasteiger partial charge in [0, 0.05) is 24.5 Å². The van der Waals surface area contributed by atoms with Crippen molar-refractivity contribution in [3.8, 4) is 0 Å². The lowest BCUT2D eigenvalue weighted by Gasteiger charge is -2.66. The molecule has 1 saturated heterocycles. The van der Waals surface area contributed by atoms with Gasteiger partial charge in [-0.1, -0.05) is 58.4 Å². The van der Waals surface area contributed by atoms with E-state index in [2.05, 4.69) is 66.7 Å². The number of aliphatic hydroxyl groups is 5. The second-order valence-electron chi connectivity index (χ2n) is 16.9. The van der Waals surface area contributed by atoms with E-state index in [0.29, 0.717) is 17.8 Å². The first-order valence-corrected chi connectivity index (χ1v) is 17.5. The summed E-state index contributed by atoms with van der Waals surface area (Å²) in [5.41, 5.74) is 0.867. The van der Waals surface area contributed by atoms with Crippen LogP contribution in [0.2, 0.25) is 0 Å². The quantitative estimate of drug-likeness (QED) is 0.230. The molecule has 13 atom stereocenters. The highest BCUT2D eigenvalue weighted by atomic mass is 16.7. The molecule has 0 aromatic carbocycles. The molecule has 5 N–H and O–H groups in total. The van der Waals surface area contributed by atoms with Crippen molar-refractivity contribution < 1.29 is 39.7 Å². The van der Waals surface area contributed by atoms with Crippen LogP contribution in [0, 0.1) is 45.3 Å². The summed E-state index contributed by atoms with van der Waals surface area (Å²) < 4.78 is 17.7. The minimum atomic E-state index is -1.46. The number of allylic oxidation sites excluding steroid dienone is 2. The van der Waals surface area contributed by atoms with E-state index >= 15 is 0 Å². The van der Waals surface area contributed by atoms with E-state index in [0.717, 1.165) is 38.5 Å². The van der Waals surface area contributed by atoms with E-state index in [9.17, 15) is 25.5 Å². The summed E-state index contributed by atoms with van der Waals surface area (Å²) >= 11 is 0. The second-order valence-corrected chi connectivity index (χ2v) is 16.9. The predicted molar refractivity (Wildman–Crippen MR) is 173 cm³/mol. The first kappa shape index (κ1) is 35.5. The Hall–Kier alpha value is -0.840. The molecule has 1 aliphatic heterocycles. The van der Waals surface area contributed by atoms with Crippen LogP contribution in [-0.2, 0) is 14.2 Å². The zero-order chi connectivity index (χ0) is 33.2. The number of rotatable bonds is 9. The van der Waals surface area contributed by atoms with E-state index < -0.39 is 37.3 Å². The van der Waals surface area contributed by atoms with E-state index in [1.807, 2.05) is 0 Å². The SMILES string of the molecule is COC(C)(C)/C=C/C[C@@H](C)[C@H]1CC[C@@]2(C)[C@@H]3CC=C4[C@@H](CC[C@H](O[C@@H]5O[C@H](CO)[C@@H](O)[C@@H](O)[C@H]5O)C4(C)C)[C@]3(CO)CC[C@]12C. The van der Waals surface area contributed by atoms with Crippen molar-refractivity contribution in [1.29, 1.82) is 0 Å². The summed E-state index contributed by atoms with van der Waals surface area (Å²) in [7, 11) is 1.76. The van der Waals surface area contributed by atoms with Gasteiger partial charge in [0.1, 0.15) is 24.4 Å². The fourth-order valence-electron chi connectivity index (χ4n) is 11.0. The van der Waals surface area contributed by atoms with Gasteiger partial charge in [-0.05, 0) is 99.7 Å². The standard InChI is InChI=1S/C37H62O8/c1-22(10-9-16-33(2,3)43-8)23-15-17-36(7)27-13-11-24-25(37(27,21-39)19-18-35(23,36)6)12-14-28(34(24,4)5)45-32-31(42)30(41)29(40)26(20-38)44-32/h9,11,16,22-23,25-32,38-42H,10,12-15,17-21H2,1-8H3/b16-9+/t22-,23-,25-,26-,27+,28+,29-,30-,31-,32+,35-,36+,37-/m1/s1.